The Morgan fingerprint density at radius 3 is 2.29 bits per heavy atom. The van der Waals surface area contributed by atoms with E-state index in [1.807, 2.05) is 0 Å². The summed E-state index contributed by atoms with van der Waals surface area (Å²) in [6.45, 7) is 3.17. The van der Waals surface area contributed by atoms with E-state index in [9.17, 15) is 0 Å². The zero-order valence-electron chi connectivity index (χ0n) is 9.36. The van der Waals surface area contributed by atoms with Gasteiger partial charge in [-0.25, -0.2) is 0 Å². The van der Waals surface area contributed by atoms with Gasteiger partial charge in [0.1, 0.15) is 0 Å². The van der Waals surface area contributed by atoms with E-state index in [2.05, 4.69) is 22.9 Å². The molecule has 0 N–H and O–H groups in total. The predicted molar refractivity (Wildman–Crippen MR) is 65.1 cm³/mol. The van der Waals surface area contributed by atoms with Crippen LogP contribution in [0.4, 0.5) is 0 Å². The zero-order chi connectivity index (χ0) is 10.3. The summed E-state index contributed by atoms with van der Waals surface area (Å²) in [5.41, 5.74) is 0.172. The molecule has 14 heavy (non-hydrogen) atoms. The molecule has 0 heterocycles. The molecule has 0 atom stereocenters. The van der Waals surface area contributed by atoms with Crippen molar-refractivity contribution in [2.24, 2.45) is 0 Å². The van der Waals surface area contributed by atoms with Crippen LogP contribution in [0, 0.1) is 0 Å². The Kier molecular flexibility index (Phi) is 6.11. The smallest absolute Gasteiger partial charge is 0.0778 e. The molecule has 1 rings (SSSR count). The third kappa shape index (κ3) is 3.90. The number of alkyl halides is 1. The lowest BCUT2D eigenvalue weighted by Crippen LogP contribution is -2.34. The van der Waals surface area contributed by atoms with Gasteiger partial charge in [0.2, 0.25) is 0 Å². The highest BCUT2D eigenvalue weighted by atomic mass is 79.9. The van der Waals surface area contributed by atoms with Crippen LogP contribution in [0.25, 0.3) is 0 Å². The second-order valence-electron chi connectivity index (χ2n) is 4.43. The van der Waals surface area contributed by atoms with Gasteiger partial charge in [0.15, 0.2) is 0 Å². The van der Waals surface area contributed by atoms with Crippen molar-refractivity contribution in [3.8, 4) is 0 Å². The molecule has 0 radical (unpaired) electrons. The molecule has 0 amide bonds. The highest BCUT2D eigenvalue weighted by Gasteiger charge is 2.30. The number of hydrogen-bond donors (Lipinski definition) is 0. The number of hydrogen-bond acceptors (Lipinski definition) is 1. The summed E-state index contributed by atoms with van der Waals surface area (Å²) in [4.78, 5) is 0. The van der Waals surface area contributed by atoms with Gasteiger partial charge in [-0.05, 0) is 19.3 Å². The van der Waals surface area contributed by atoms with E-state index in [-0.39, 0.29) is 5.60 Å². The van der Waals surface area contributed by atoms with E-state index >= 15 is 0 Å². The van der Waals surface area contributed by atoms with Gasteiger partial charge in [0, 0.05) is 11.9 Å². The maximum Gasteiger partial charge on any atom is 0.0778 e. The SMILES string of the molecule is CCCCOC1(CBr)CCCCCC1. The summed E-state index contributed by atoms with van der Waals surface area (Å²) < 4.78 is 6.09. The first-order valence-electron chi connectivity index (χ1n) is 6.03. The molecule has 0 spiro atoms. The van der Waals surface area contributed by atoms with Crippen molar-refractivity contribution in [2.75, 3.05) is 11.9 Å². The van der Waals surface area contributed by atoms with Crippen LogP contribution in [0.5, 0.6) is 0 Å². The summed E-state index contributed by atoms with van der Waals surface area (Å²) in [5, 5.41) is 1.02. The molecule has 0 saturated heterocycles. The Bertz CT molecular complexity index is 139. The average molecular weight is 263 g/mol. The first-order chi connectivity index (χ1) is 6.83. The standard InChI is InChI=1S/C12H23BrO/c1-2-3-10-14-12(11-13)8-6-4-5-7-9-12/h2-11H2,1H3. The quantitative estimate of drug-likeness (QED) is 0.408. The minimum Gasteiger partial charge on any atom is -0.374 e. The third-order valence-electron chi connectivity index (χ3n) is 3.16. The largest absolute Gasteiger partial charge is 0.374 e. The summed E-state index contributed by atoms with van der Waals surface area (Å²) in [7, 11) is 0. The third-order valence-corrected chi connectivity index (χ3v) is 4.19. The fourth-order valence-electron chi connectivity index (χ4n) is 2.12. The Balaban J connectivity index is 2.37. The molecule has 0 bridgehead atoms. The Morgan fingerprint density at radius 2 is 1.79 bits per heavy atom. The van der Waals surface area contributed by atoms with Crippen molar-refractivity contribution >= 4 is 15.9 Å². The fraction of sp³-hybridized carbons (Fsp3) is 1.00. The lowest BCUT2D eigenvalue weighted by Gasteiger charge is -2.31. The maximum absolute atomic E-state index is 6.09. The minimum absolute atomic E-state index is 0.172. The molecule has 1 fully saturated rings. The van der Waals surface area contributed by atoms with Crippen LogP contribution in [0.15, 0.2) is 0 Å². The van der Waals surface area contributed by atoms with Crippen LogP contribution < -0.4 is 0 Å². The van der Waals surface area contributed by atoms with Crippen LogP contribution in [-0.4, -0.2) is 17.5 Å². The minimum atomic E-state index is 0.172. The number of rotatable bonds is 5. The topological polar surface area (TPSA) is 9.23 Å². The molecule has 1 nitrogen and oxygen atoms in total. The van der Waals surface area contributed by atoms with Crippen molar-refractivity contribution in [1.29, 1.82) is 0 Å². The van der Waals surface area contributed by atoms with Crippen LogP contribution in [0.1, 0.15) is 58.3 Å². The lowest BCUT2D eigenvalue weighted by molar-refractivity contribution is -0.0384. The van der Waals surface area contributed by atoms with E-state index in [1.165, 1.54) is 51.4 Å². The second-order valence-corrected chi connectivity index (χ2v) is 4.99. The molecule has 0 unspecified atom stereocenters. The van der Waals surface area contributed by atoms with Crippen molar-refractivity contribution in [2.45, 2.75) is 63.9 Å². The molecular weight excluding hydrogens is 240 g/mol. The van der Waals surface area contributed by atoms with E-state index in [4.69, 9.17) is 4.74 Å². The van der Waals surface area contributed by atoms with Gasteiger partial charge in [0.25, 0.3) is 0 Å². The van der Waals surface area contributed by atoms with Crippen LogP contribution in [0.2, 0.25) is 0 Å². The van der Waals surface area contributed by atoms with E-state index in [0.717, 1.165) is 11.9 Å². The summed E-state index contributed by atoms with van der Waals surface area (Å²) in [6, 6.07) is 0. The van der Waals surface area contributed by atoms with E-state index < -0.39 is 0 Å². The molecule has 0 aromatic heterocycles. The number of unbranched alkanes of at least 4 members (excludes halogenated alkanes) is 1. The fourth-order valence-corrected chi connectivity index (χ4v) is 2.85. The number of ether oxygens (including phenoxy) is 1. The Labute approximate surface area is 96.7 Å². The van der Waals surface area contributed by atoms with E-state index in [1.54, 1.807) is 0 Å². The molecule has 0 aromatic carbocycles. The molecule has 1 aliphatic carbocycles. The monoisotopic (exact) mass is 262 g/mol. The molecule has 0 aromatic rings. The molecule has 1 saturated carbocycles. The van der Waals surface area contributed by atoms with Gasteiger partial charge in [-0.3, -0.25) is 0 Å². The van der Waals surface area contributed by atoms with E-state index in [0.29, 0.717) is 0 Å². The highest BCUT2D eigenvalue weighted by molar-refractivity contribution is 9.09. The predicted octanol–water partition coefficient (Wildman–Crippen LogP) is 4.29. The maximum atomic E-state index is 6.09. The first kappa shape index (κ1) is 12.5. The molecule has 2 heteroatoms. The summed E-state index contributed by atoms with van der Waals surface area (Å²) in [6.07, 6.45) is 10.4. The first-order valence-corrected chi connectivity index (χ1v) is 7.15. The van der Waals surface area contributed by atoms with Gasteiger partial charge in [0.05, 0.1) is 5.60 Å². The summed E-state index contributed by atoms with van der Waals surface area (Å²) >= 11 is 3.63. The number of halogens is 1. The van der Waals surface area contributed by atoms with Crippen molar-refractivity contribution in [1.82, 2.24) is 0 Å². The Hall–Kier alpha value is 0.440. The van der Waals surface area contributed by atoms with Crippen molar-refractivity contribution < 1.29 is 4.74 Å². The average Bonchev–Trinajstić information content (AvgIpc) is 2.45. The highest BCUT2D eigenvalue weighted by Crippen LogP contribution is 2.32. The molecular formula is C12H23BrO. The van der Waals surface area contributed by atoms with Gasteiger partial charge in [-0.15, -0.1) is 0 Å². The molecule has 0 aliphatic heterocycles. The van der Waals surface area contributed by atoms with Gasteiger partial charge in [-0.1, -0.05) is 55.0 Å². The van der Waals surface area contributed by atoms with Gasteiger partial charge in [-0.2, -0.15) is 0 Å². The van der Waals surface area contributed by atoms with Crippen molar-refractivity contribution in [3.05, 3.63) is 0 Å². The van der Waals surface area contributed by atoms with Crippen molar-refractivity contribution in [3.63, 3.8) is 0 Å². The summed E-state index contributed by atoms with van der Waals surface area (Å²) in [5.74, 6) is 0. The van der Waals surface area contributed by atoms with Crippen LogP contribution >= 0.6 is 15.9 Å². The molecule has 84 valence electrons. The van der Waals surface area contributed by atoms with Gasteiger partial charge >= 0.3 is 0 Å². The lowest BCUT2D eigenvalue weighted by atomic mass is 9.97. The van der Waals surface area contributed by atoms with Crippen LogP contribution in [0.3, 0.4) is 0 Å². The normalized spacial score (nSPS) is 21.9. The zero-order valence-corrected chi connectivity index (χ0v) is 10.9. The second kappa shape index (κ2) is 6.84. The van der Waals surface area contributed by atoms with Gasteiger partial charge < -0.3 is 4.74 Å². The molecule has 1 aliphatic rings. The Morgan fingerprint density at radius 1 is 1.14 bits per heavy atom. The van der Waals surface area contributed by atoms with Crippen LogP contribution in [-0.2, 0) is 4.74 Å².